The lowest BCUT2D eigenvalue weighted by atomic mass is 10.1. The first-order valence-corrected chi connectivity index (χ1v) is 6.33. The topological polar surface area (TPSA) is 101 Å². The molecule has 0 saturated heterocycles. The number of terminal acetylenes is 1. The van der Waals surface area contributed by atoms with Gasteiger partial charge in [-0.15, -0.1) is 6.42 Å². The van der Waals surface area contributed by atoms with E-state index in [0.29, 0.717) is 3.57 Å². The molecule has 7 nitrogen and oxygen atoms in total. The van der Waals surface area contributed by atoms with Crippen LogP contribution in [0.2, 0.25) is 0 Å². The predicted molar refractivity (Wildman–Crippen MR) is 78.2 cm³/mol. The van der Waals surface area contributed by atoms with Crippen molar-refractivity contribution in [2.45, 2.75) is 0 Å². The second-order valence-corrected chi connectivity index (χ2v) is 4.84. The standard InChI is InChI=1S/C12H9IN2O5/c1-2-5-14(7-11(16)17)12(18)9-6-8(15(19)20)3-4-10(9)13/h1,3-4,6H,5,7H2,(H,16,17). The fraction of sp³-hybridized carbons (Fsp3) is 0.167. The molecule has 0 atom stereocenters. The number of nitrogens with zero attached hydrogens (tertiary/aromatic N) is 2. The molecule has 0 saturated carbocycles. The number of amides is 1. The molecule has 0 aromatic heterocycles. The van der Waals surface area contributed by atoms with Crippen LogP contribution in [0.3, 0.4) is 0 Å². The van der Waals surface area contributed by atoms with Crippen molar-refractivity contribution in [2.24, 2.45) is 0 Å². The monoisotopic (exact) mass is 388 g/mol. The maximum Gasteiger partial charge on any atom is 0.323 e. The second kappa shape index (κ2) is 6.85. The summed E-state index contributed by atoms with van der Waals surface area (Å²) in [4.78, 5) is 33.9. The Bertz CT molecular complexity index is 608. The number of nitro groups is 1. The van der Waals surface area contributed by atoms with Crippen LogP contribution >= 0.6 is 22.6 Å². The largest absolute Gasteiger partial charge is 0.480 e. The van der Waals surface area contributed by atoms with Gasteiger partial charge in [0.05, 0.1) is 17.0 Å². The van der Waals surface area contributed by atoms with Crippen molar-refractivity contribution in [2.75, 3.05) is 13.1 Å². The van der Waals surface area contributed by atoms with E-state index in [-0.39, 0.29) is 17.8 Å². The van der Waals surface area contributed by atoms with Crippen LogP contribution in [0.15, 0.2) is 18.2 Å². The molecule has 0 aliphatic rings. The average molecular weight is 388 g/mol. The Hall–Kier alpha value is -2.15. The summed E-state index contributed by atoms with van der Waals surface area (Å²) in [6.45, 7) is -0.758. The van der Waals surface area contributed by atoms with Gasteiger partial charge in [0, 0.05) is 15.7 Å². The number of carbonyl (C=O) groups excluding carboxylic acids is 1. The molecule has 0 bridgehead atoms. The zero-order chi connectivity index (χ0) is 15.3. The van der Waals surface area contributed by atoms with Gasteiger partial charge in [-0.25, -0.2) is 0 Å². The van der Waals surface area contributed by atoms with Gasteiger partial charge >= 0.3 is 5.97 Å². The minimum absolute atomic E-state index is 0.0521. The molecule has 0 radical (unpaired) electrons. The molecule has 0 fully saturated rings. The molecule has 1 N–H and O–H groups in total. The van der Waals surface area contributed by atoms with Gasteiger partial charge in [-0.1, -0.05) is 5.92 Å². The first-order chi connectivity index (χ1) is 9.36. The van der Waals surface area contributed by atoms with Gasteiger partial charge in [0.1, 0.15) is 6.54 Å². The number of rotatable bonds is 5. The van der Waals surface area contributed by atoms with E-state index in [9.17, 15) is 19.7 Å². The second-order valence-electron chi connectivity index (χ2n) is 3.68. The Balaban J connectivity index is 3.17. The van der Waals surface area contributed by atoms with Crippen LogP contribution in [-0.2, 0) is 4.79 Å². The molecule has 1 rings (SSSR count). The lowest BCUT2D eigenvalue weighted by Gasteiger charge is -2.18. The number of hydrogen-bond acceptors (Lipinski definition) is 4. The molecule has 20 heavy (non-hydrogen) atoms. The maximum atomic E-state index is 12.2. The lowest BCUT2D eigenvalue weighted by Crippen LogP contribution is -2.36. The first-order valence-electron chi connectivity index (χ1n) is 5.25. The normalized spacial score (nSPS) is 9.60. The van der Waals surface area contributed by atoms with E-state index in [1.807, 2.05) is 22.6 Å². The minimum atomic E-state index is -1.21. The molecule has 104 valence electrons. The van der Waals surface area contributed by atoms with Crippen LogP contribution in [0.1, 0.15) is 10.4 Å². The Morgan fingerprint density at radius 2 is 2.15 bits per heavy atom. The van der Waals surface area contributed by atoms with Gasteiger partial charge < -0.3 is 10.0 Å². The summed E-state index contributed by atoms with van der Waals surface area (Å²) in [7, 11) is 0. The van der Waals surface area contributed by atoms with Crippen LogP contribution in [-0.4, -0.2) is 39.9 Å². The zero-order valence-corrected chi connectivity index (χ0v) is 12.2. The van der Waals surface area contributed by atoms with Gasteiger partial charge in [-0.3, -0.25) is 19.7 Å². The van der Waals surface area contributed by atoms with Gasteiger partial charge in [-0.05, 0) is 28.7 Å². The number of carboxylic acids is 1. The minimum Gasteiger partial charge on any atom is -0.480 e. The van der Waals surface area contributed by atoms with Crippen LogP contribution in [0.25, 0.3) is 0 Å². The third kappa shape index (κ3) is 3.92. The SMILES string of the molecule is C#CCN(CC(=O)O)C(=O)c1cc([N+](=O)[O-])ccc1I. The molecular weight excluding hydrogens is 379 g/mol. The van der Waals surface area contributed by atoms with Crippen LogP contribution < -0.4 is 0 Å². The van der Waals surface area contributed by atoms with Crippen molar-refractivity contribution in [3.63, 3.8) is 0 Å². The first kappa shape index (κ1) is 15.9. The summed E-state index contributed by atoms with van der Waals surface area (Å²) in [6.07, 6.45) is 5.09. The molecule has 0 aliphatic heterocycles. The van der Waals surface area contributed by atoms with Crippen molar-refractivity contribution in [3.05, 3.63) is 37.4 Å². The highest BCUT2D eigenvalue weighted by Crippen LogP contribution is 2.21. The number of halogens is 1. The molecule has 1 aromatic carbocycles. The number of carbonyl (C=O) groups is 2. The van der Waals surface area contributed by atoms with Crippen molar-refractivity contribution in [3.8, 4) is 12.3 Å². The predicted octanol–water partition coefficient (Wildman–Crippen LogP) is 1.36. The van der Waals surface area contributed by atoms with E-state index in [1.54, 1.807) is 0 Å². The van der Waals surface area contributed by atoms with E-state index >= 15 is 0 Å². The van der Waals surface area contributed by atoms with E-state index in [2.05, 4.69) is 5.92 Å². The third-order valence-corrected chi connectivity index (χ3v) is 3.23. The van der Waals surface area contributed by atoms with Crippen molar-refractivity contribution in [1.29, 1.82) is 0 Å². The molecule has 0 aliphatic carbocycles. The van der Waals surface area contributed by atoms with Crippen molar-refractivity contribution >= 4 is 40.2 Å². The van der Waals surface area contributed by atoms with E-state index in [1.165, 1.54) is 12.1 Å². The molecule has 0 spiro atoms. The van der Waals surface area contributed by atoms with Crippen molar-refractivity contribution in [1.82, 2.24) is 4.90 Å². The third-order valence-electron chi connectivity index (χ3n) is 2.29. The van der Waals surface area contributed by atoms with E-state index < -0.39 is 23.3 Å². The Kier molecular flexibility index (Phi) is 5.45. The Morgan fingerprint density at radius 3 is 2.65 bits per heavy atom. The van der Waals surface area contributed by atoms with E-state index in [4.69, 9.17) is 11.5 Å². The summed E-state index contributed by atoms with van der Waals surface area (Å²) in [5.74, 6) is 0.318. The number of aliphatic carboxylic acids is 1. The number of nitro benzene ring substituents is 1. The van der Waals surface area contributed by atoms with Gasteiger partial charge in [0.25, 0.3) is 11.6 Å². The average Bonchev–Trinajstić information content (AvgIpc) is 2.37. The highest BCUT2D eigenvalue weighted by atomic mass is 127. The zero-order valence-electron chi connectivity index (χ0n) is 10.1. The molecule has 1 aromatic rings. The van der Waals surface area contributed by atoms with E-state index in [0.717, 1.165) is 11.0 Å². The quantitative estimate of drug-likeness (QED) is 0.355. The number of hydrogen-bond donors (Lipinski definition) is 1. The van der Waals surface area contributed by atoms with Gasteiger partial charge in [-0.2, -0.15) is 0 Å². The number of non-ortho nitro benzene ring substituents is 1. The molecule has 0 unspecified atom stereocenters. The molecule has 1 amide bonds. The smallest absolute Gasteiger partial charge is 0.323 e. The molecule has 0 heterocycles. The van der Waals surface area contributed by atoms with Gasteiger partial charge in [0.15, 0.2) is 0 Å². The van der Waals surface area contributed by atoms with Crippen LogP contribution in [0.4, 0.5) is 5.69 Å². The lowest BCUT2D eigenvalue weighted by molar-refractivity contribution is -0.384. The Labute approximate surface area is 127 Å². The number of benzene rings is 1. The molecular formula is C12H9IN2O5. The fourth-order valence-electron chi connectivity index (χ4n) is 1.43. The molecule has 8 heteroatoms. The summed E-state index contributed by atoms with van der Waals surface area (Å²) in [5, 5.41) is 19.5. The van der Waals surface area contributed by atoms with Gasteiger partial charge in [0.2, 0.25) is 0 Å². The fourth-order valence-corrected chi connectivity index (χ4v) is 2.00. The summed E-state index contributed by atoms with van der Waals surface area (Å²) in [5.41, 5.74) is -0.193. The van der Waals surface area contributed by atoms with Crippen LogP contribution in [0.5, 0.6) is 0 Å². The maximum absolute atomic E-state index is 12.2. The number of carboxylic acid groups (broad SMARTS) is 1. The highest BCUT2D eigenvalue weighted by Gasteiger charge is 2.22. The summed E-state index contributed by atoms with van der Waals surface area (Å²) >= 11 is 1.84. The Morgan fingerprint density at radius 1 is 1.50 bits per heavy atom. The highest BCUT2D eigenvalue weighted by molar-refractivity contribution is 14.1. The summed E-state index contributed by atoms with van der Waals surface area (Å²) < 4.78 is 0.477. The van der Waals surface area contributed by atoms with Crippen molar-refractivity contribution < 1.29 is 19.6 Å². The summed E-state index contributed by atoms with van der Waals surface area (Å²) in [6, 6.07) is 3.79. The van der Waals surface area contributed by atoms with Crippen LogP contribution in [0, 0.1) is 26.0 Å².